The van der Waals surface area contributed by atoms with Gasteiger partial charge in [-0.25, -0.2) is 0 Å². The number of rotatable bonds is 5. The van der Waals surface area contributed by atoms with E-state index in [4.69, 9.17) is 11.6 Å². The summed E-state index contributed by atoms with van der Waals surface area (Å²) < 4.78 is 0. The number of amides is 2. The molecule has 0 saturated carbocycles. The summed E-state index contributed by atoms with van der Waals surface area (Å²) in [4.78, 5) is 25.8. The molecule has 0 aromatic heterocycles. The normalized spacial score (nSPS) is 10.4. The molecule has 0 heterocycles. The van der Waals surface area contributed by atoms with E-state index in [1.165, 1.54) is 6.92 Å². The van der Waals surface area contributed by atoms with Gasteiger partial charge in [-0.05, 0) is 61.7 Å². The average Bonchev–Trinajstić information content (AvgIpc) is 2.49. The van der Waals surface area contributed by atoms with Crippen molar-refractivity contribution in [2.45, 2.75) is 34.1 Å². The Morgan fingerprint density at radius 3 is 2.24 bits per heavy atom. The zero-order valence-corrected chi connectivity index (χ0v) is 15.8. The first-order chi connectivity index (χ1) is 11.8. The van der Waals surface area contributed by atoms with E-state index in [-0.39, 0.29) is 18.2 Å². The maximum atomic E-state index is 12.2. The van der Waals surface area contributed by atoms with Crippen molar-refractivity contribution in [3.8, 4) is 0 Å². The molecule has 5 heteroatoms. The molecule has 0 saturated heterocycles. The van der Waals surface area contributed by atoms with Gasteiger partial charge in [0.1, 0.15) is 0 Å². The first-order valence-electron chi connectivity index (χ1n) is 8.18. The monoisotopic (exact) mass is 358 g/mol. The lowest BCUT2D eigenvalue weighted by molar-refractivity contribution is -0.117. The zero-order valence-electron chi connectivity index (χ0n) is 15.0. The maximum absolute atomic E-state index is 12.2. The number of nitrogens with one attached hydrogen (secondary N) is 1. The Kier molecular flexibility index (Phi) is 6.21. The van der Waals surface area contributed by atoms with E-state index in [9.17, 15) is 9.59 Å². The van der Waals surface area contributed by atoms with Crippen LogP contribution in [0.3, 0.4) is 0 Å². The minimum Gasteiger partial charge on any atom is -0.326 e. The first-order valence-corrected chi connectivity index (χ1v) is 8.56. The molecule has 0 aliphatic rings. The van der Waals surface area contributed by atoms with Crippen LogP contribution in [0.2, 0.25) is 5.02 Å². The van der Waals surface area contributed by atoms with Crippen LogP contribution >= 0.6 is 11.6 Å². The van der Waals surface area contributed by atoms with Crippen LogP contribution < -0.4 is 10.2 Å². The standard InChI is InChI=1S/C20H23ClN2O2/c1-13-9-14(2)11-17(10-13)22-20(25)7-8-23(16(4)24)18-6-5-15(3)19(21)12-18/h5-6,9-12H,7-8H2,1-4H3,(H,22,25). The number of hydrogen-bond donors (Lipinski definition) is 1. The SMILES string of the molecule is CC(=O)N(CCC(=O)Nc1cc(C)cc(C)c1)c1ccc(C)c(Cl)c1. The van der Waals surface area contributed by atoms with Gasteiger partial charge in [-0.1, -0.05) is 23.7 Å². The van der Waals surface area contributed by atoms with Crippen LogP contribution in [0.4, 0.5) is 11.4 Å². The fraction of sp³-hybridized carbons (Fsp3) is 0.300. The van der Waals surface area contributed by atoms with Crippen LogP contribution in [-0.4, -0.2) is 18.4 Å². The molecule has 2 aromatic carbocycles. The quantitative estimate of drug-likeness (QED) is 0.845. The molecule has 0 aliphatic heterocycles. The van der Waals surface area contributed by atoms with E-state index in [0.29, 0.717) is 17.3 Å². The number of nitrogens with zero attached hydrogens (tertiary/aromatic N) is 1. The van der Waals surface area contributed by atoms with Gasteiger partial charge in [-0.2, -0.15) is 0 Å². The smallest absolute Gasteiger partial charge is 0.226 e. The summed E-state index contributed by atoms with van der Waals surface area (Å²) in [5.41, 5.74) is 4.60. The zero-order chi connectivity index (χ0) is 18.6. The van der Waals surface area contributed by atoms with Crippen molar-refractivity contribution in [2.75, 3.05) is 16.8 Å². The van der Waals surface area contributed by atoms with Gasteiger partial charge in [-0.3, -0.25) is 9.59 Å². The van der Waals surface area contributed by atoms with E-state index >= 15 is 0 Å². The Balaban J connectivity index is 2.04. The predicted octanol–water partition coefficient (Wildman–Crippen LogP) is 4.65. The average molecular weight is 359 g/mol. The Hall–Kier alpha value is -2.33. The molecule has 0 aliphatic carbocycles. The van der Waals surface area contributed by atoms with E-state index in [0.717, 1.165) is 22.4 Å². The topological polar surface area (TPSA) is 49.4 Å². The van der Waals surface area contributed by atoms with Crippen molar-refractivity contribution in [2.24, 2.45) is 0 Å². The Morgan fingerprint density at radius 1 is 1.04 bits per heavy atom. The molecule has 2 aromatic rings. The Morgan fingerprint density at radius 2 is 1.68 bits per heavy atom. The fourth-order valence-corrected chi connectivity index (χ4v) is 2.88. The summed E-state index contributed by atoms with van der Waals surface area (Å²) in [7, 11) is 0. The molecule has 0 unspecified atom stereocenters. The van der Waals surface area contributed by atoms with Crippen molar-refractivity contribution < 1.29 is 9.59 Å². The third kappa shape index (κ3) is 5.33. The van der Waals surface area contributed by atoms with Crippen LogP contribution in [0.25, 0.3) is 0 Å². The third-order valence-electron chi connectivity index (χ3n) is 3.92. The van der Waals surface area contributed by atoms with E-state index in [1.54, 1.807) is 11.0 Å². The highest BCUT2D eigenvalue weighted by molar-refractivity contribution is 6.31. The molecule has 0 atom stereocenters. The molecule has 0 spiro atoms. The van der Waals surface area contributed by atoms with Gasteiger partial charge in [-0.15, -0.1) is 0 Å². The second-order valence-electron chi connectivity index (χ2n) is 6.28. The number of anilines is 2. The van der Waals surface area contributed by atoms with Crippen molar-refractivity contribution in [1.82, 2.24) is 0 Å². The van der Waals surface area contributed by atoms with Gasteiger partial charge < -0.3 is 10.2 Å². The van der Waals surface area contributed by atoms with Crippen LogP contribution in [0, 0.1) is 20.8 Å². The lowest BCUT2D eigenvalue weighted by atomic mass is 10.1. The van der Waals surface area contributed by atoms with E-state index in [1.807, 2.05) is 51.1 Å². The number of hydrogen-bond acceptors (Lipinski definition) is 2. The van der Waals surface area contributed by atoms with Crippen molar-refractivity contribution in [3.63, 3.8) is 0 Å². The molecule has 25 heavy (non-hydrogen) atoms. The molecule has 1 N–H and O–H groups in total. The van der Waals surface area contributed by atoms with Crippen molar-refractivity contribution >= 4 is 34.8 Å². The second-order valence-corrected chi connectivity index (χ2v) is 6.69. The van der Waals surface area contributed by atoms with Crippen LogP contribution in [0.5, 0.6) is 0 Å². The lowest BCUT2D eigenvalue weighted by Crippen LogP contribution is -2.32. The van der Waals surface area contributed by atoms with E-state index in [2.05, 4.69) is 5.32 Å². The summed E-state index contributed by atoms with van der Waals surface area (Å²) in [6, 6.07) is 11.3. The number of halogens is 1. The van der Waals surface area contributed by atoms with E-state index < -0.39 is 0 Å². The molecule has 4 nitrogen and oxygen atoms in total. The van der Waals surface area contributed by atoms with Crippen molar-refractivity contribution in [3.05, 3.63) is 58.1 Å². The van der Waals surface area contributed by atoms with Gasteiger partial charge in [0.25, 0.3) is 0 Å². The summed E-state index contributed by atoms with van der Waals surface area (Å²) in [6.45, 7) is 7.66. The van der Waals surface area contributed by atoms with Crippen LogP contribution in [0.15, 0.2) is 36.4 Å². The van der Waals surface area contributed by atoms with Gasteiger partial charge in [0.05, 0.1) is 0 Å². The largest absolute Gasteiger partial charge is 0.326 e. The second kappa shape index (κ2) is 8.17. The summed E-state index contributed by atoms with van der Waals surface area (Å²) in [6.07, 6.45) is 0.206. The minimum absolute atomic E-state index is 0.126. The molecule has 2 rings (SSSR count). The van der Waals surface area contributed by atoms with Crippen molar-refractivity contribution in [1.29, 1.82) is 0 Å². The van der Waals surface area contributed by atoms with Crippen LogP contribution in [-0.2, 0) is 9.59 Å². The number of benzene rings is 2. The molecule has 132 valence electrons. The maximum Gasteiger partial charge on any atom is 0.226 e. The lowest BCUT2D eigenvalue weighted by Gasteiger charge is -2.21. The highest BCUT2D eigenvalue weighted by atomic mass is 35.5. The highest BCUT2D eigenvalue weighted by Gasteiger charge is 2.14. The number of carbonyl (C=O) groups is 2. The van der Waals surface area contributed by atoms with Gasteiger partial charge >= 0.3 is 0 Å². The third-order valence-corrected chi connectivity index (χ3v) is 4.32. The molecule has 0 bridgehead atoms. The predicted molar refractivity (Wildman–Crippen MR) is 103 cm³/mol. The molecule has 0 radical (unpaired) electrons. The summed E-state index contributed by atoms with van der Waals surface area (Å²) in [5, 5.41) is 3.49. The molecule has 0 fully saturated rings. The summed E-state index contributed by atoms with van der Waals surface area (Å²) in [5.74, 6) is -0.256. The first kappa shape index (κ1) is 19.0. The summed E-state index contributed by atoms with van der Waals surface area (Å²) >= 11 is 6.14. The molecule has 2 amide bonds. The molecular weight excluding hydrogens is 336 g/mol. The highest BCUT2D eigenvalue weighted by Crippen LogP contribution is 2.23. The number of carbonyl (C=O) groups excluding carboxylic acids is 2. The van der Waals surface area contributed by atoms with Gasteiger partial charge in [0.15, 0.2) is 0 Å². The Labute approximate surface area is 153 Å². The molecular formula is C20H23ClN2O2. The Bertz CT molecular complexity index is 782. The number of aryl methyl sites for hydroxylation is 3. The van der Waals surface area contributed by atoms with Gasteiger partial charge in [0, 0.05) is 36.3 Å². The minimum atomic E-state index is -0.130. The van der Waals surface area contributed by atoms with Gasteiger partial charge in [0.2, 0.25) is 11.8 Å². The fourth-order valence-electron chi connectivity index (χ4n) is 2.70. The van der Waals surface area contributed by atoms with Crippen LogP contribution in [0.1, 0.15) is 30.0 Å².